The molecule has 0 bridgehead atoms. The van der Waals surface area contributed by atoms with E-state index in [9.17, 15) is 5.11 Å². The van der Waals surface area contributed by atoms with Crippen LogP contribution in [0.4, 0.5) is 0 Å². The predicted octanol–water partition coefficient (Wildman–Crippen LogP) is 2.07. The fourth-order valence-corrected chi connectivity index (χ4v) is 2.11. The number of nitrogens with one attached hydrogen (secondary N) is 1. The quantitative estimate of drug-likeness (QED) is 0.687. The number of aliphatic hydroxyl groups is 1. The third-order valence-electron chi connectivity index (χ3n) is 3.04. The first-order valence-corrected chi connectivity index (χ1v) is 5.62. The molecule has 1 saturated carbocycles. The van der Waals surface area contributed by atoms with Gasteiger partial charge in [-0.2, -0.15) is 0 Å². The minimum atomic E-state index is -0.387. The molecule has 2 N–H and O–H groups in total. The van der Waals surface area contributed by atoms with Gasteiger partial charge in [-0.3, -0.25) is 0 Å². The molecule has 1 aliphatic rings. The van der Waals surface area contributed by atoms with Gasteiger partial charge in [0, 0.05) is 12.6 Å². The zero-order chi connectivity index (χ0) is 9.73. The van der Waals surface area contributed by atoms with Crippen molar-refractivity contribution in [2.24, 2.45) is 0 Å². The SMILES string of the molecule is CCCC(C)NCC1(O)CCCC1. The first-order chi connectivity index (χ1) is 6.16. The summed E-state index contributed by atoms with van der Waals surface area (Å²) in [4.78, 5) is 0. The Balaban J connectivity index is 2.17. The van der Waals surface area contributed by atoms with Crippen molar-refractivity contribution >= 4 is 0 Å². The molecule has 1 fully saturated rings. The van der Waals surface area contributed by atoms with Crippen LogP contribution in [0.5, 0.6) is 0 Å². The highest BCUT2D eigenvalue weighted by molar-refractivity contribution is 4.86. The van der Waals surface area contributed by atoms with Crippen LogP contribution >= 0.6 is 0 Å². The smallest absolute Gasteiger partial charge is 0.0771 e. The van der Waals surface area contributed by atoms with Crippen LogP contribution < -0.4 is 5.32 Å². The molecule has 0 aromatic rings. The van der Waals surface area contributed by atoms with Gasteiger partial charge in [0.15, 0.2) is 0 Å². The van der Waals surface area contributed by atoms with Crippen molar-refractivity contribution in [2.45, 2.75) is 64.0 Å². The molecular weight excluding hydrogens is 162 g/mol. The van der Waals surface area contributed by atoms with E-state index >= 15 is 0 Å². The Morgan fingerprint density at radius 3 is 2.54 bits per heavy atom. The molecule has 0 saturated heterocycles. The molecule has 1 rings (SSSR count). The average Bonchev–Trinajstić information content (AvgIpc) is 2.51. The van der Waals surface area contributed by atoms with Gasteiger partial charge in [0.2, 0.25) is 0 Å². The Morgan fingerprint density at radius 2 is 2.00 bits per heavy atom. The van der Waals surface area contributed by atoms with Crippen LogP contribution in [0.3, 0.4) is 0 Å². The van der Waals surface area contributed by atoms with Gasteiger partial charge in [-0.05, 0) is 26.2 Å². The van der Waals surface area contributed by atoms with Crippen molar-refractivity contribution in [1.29, 1.82) is 0 Å². The summed E-state index contributed by atoms with van der Waals surface area (Å²) >= 11 is 0. The molecule has 0 amide bonds. The maximum Gasteiger partial charge on any atom is 0.0771 e. The second-order valence-electron chi connectivity index (χ2n) is 4.50. The van der Waals surface area contributed by atoms with Gasteiger partial charge >= 0.3 is 0 Å². The fraction of sp³-hybridized carbons (Fsp3) is 1.00. The summed E-state index contributed by atoms with van der Waals surface area (Å²) in [6, 6.07) is 0.551. The van der Waals surface area contributed by atoms with Crippen LogP contribution in [0.2, 0.25) is 0 Å². The average molecular weight is 185 g/mol. The minimum Gasteiger partial charge on any atom is -0.389 e. The number of hydrogen-bond acceptors (Lipinski definition) is 2. The molecule has 0 spiro atoms. The Hall–Kier alpha value is -0.0800. The lowest BCUT2D eigenvalue weighted by molar-refractivity contribution is 0.0451. The molecule has 1 atom stereocenters. The lowest BCUT2D eigenvalue weighted by Crippen LogP contribution is -2.41. The van der Waals surface area contributed by atoms with E-state index in [4.69, 9.17) is 0 Å². The molecule has 0 aliphatic heterocycles. The Bertz CT molecular complexity index is 141. The Labute approximate surface area is 81.7 Å². The molecule has 13 heavy (non-hydrogen) atoms. The summed E-state index contributed by atoms with van der Waals surface area (Å²) < 4.78 is 0. The van der Waals surface area contributed by atoms with E-state index in [1.54, 1.807) is 0 Å². The molecular formula is C11H23NO. The third kappa shape index (κ3) is 3.65. The van der Waals surface area contributed by atoms with Crippen LogP contribution in [-0.4, -0.2) is 23.3 Å². The molecule has 1 aliphatic carbocycles. The van der Waals surface area contributed by atoms with Crippen molar-refractivity contribution in [3.63, 3.8) is 0 Å². The van der Waals surface area contributed by atoms with Crippen molar-refractivity contribution in [1.82, 2.24) is 5.32 Å². The van der Waals surface area contributed by atoms with E-state index < -0.39 is 0 Å². The van der Waals surface area contributed by atoms with E-state index in [-0.39, 0.29) is 5.60 Å². The highest BCUT2D eigenvalue weighted by atomic mass is 16.3. The Morgan fingerprint density at radius 1 is 1.38 bits per heavy atom. The molecule has 0 aromatic heterocycles. The summed E-state index contributed by atoms with van der Waals surface area (Å²) in [5.41, 5.74) is -0.387. The molecule has 0 radical (unpaired) electrons. The standard InChI is InChI=1S/C11H23NO/c1-3-6-10(2)12-9-11(13)7-4-5-8-11/h10,12-13H,3-9H2,1-2H3. The lowest BCUT2D eigenvalue weighted by atomic mass is 10.0. The van der Waals surface area contributed by atoms with E-state index in [0.29, 0.717) is 6.04 Å². The first-order valence-electron chi connectivity index (χ1n) is 5.62. The van der Waals surface area contributed by atoms with Gasteiger partial charge < -0.3 is 10.4 Å². The van der Waals surface area contributed by atoms with Gasteiger partial charge in [0.1, 0.15) is 0 Å². The predicted molar refractivity (Wildman–Crippen MR) is 55.8 cm³/mol. The van der Waals surface area contributed by atoms with Crippen LogP contribution in [0.1, 0.15) is 52.4 Å². The Kier molecular flexibility index (Phi) is 4.20. The lowest BCUT2D eigenvalue weighted by Gasteiger charge is -2.25. The summed E-state index contributed by atoms with van der Waals surface area (Å²) in [5.74, 6) is 0. The molecule has 0 heterocycles. The fourth-order valence-electron chi connectivity index (χ4n) is 2.11. The maximum atomic E-state index is 10.0. The van der Waals surface area contributed by atoms with E-state index in [2.05, 4.69) is 19.2 Å². The van der Waals surface area contributed by atoms with E-state index in [1.807, 2.05) is 0 Å². The van der Waals surface area contributed by atoms with Crippen molar-refractivity contribution in [3.8, 4) is 0 Å². The molecule has 78 valence electrons. The van der Waals surface area contributed by atoms with Crippen LogP contribution in [-0.2, 0) is 0 Å². The minimum absolute atomic E-state index is 0.387. The first kappa shape index (κ1) is 11.0. The molecule has 0 aromatic carbocycles. The zero-order valence-electron chi connectivity index (χ0n) is 8.97. The summed E-state index contributed by atoms with van der Waals surface area (Å²) in [5, 5.41) is 13.5. The van der Waals surface area contributed by atoms with E-state index in [0.717, 1.165) is 19.4 Å². The largest absolute Gasteiger partial charge is 0.389 e. The second-order valence-corrected chi connectivity index (χ2v) is 4.50. The van der Waals surface area contributed by atoms with Crippen LogP contribution in [0.25, 0.3) is 0 Å². The number of rotatable bonds is 5. The number of hydrogen-bond donors (Lipinski definition) is 2. The summed E-state index contributed by atoms with van der Waals surface area (Å²) in [6.07, 6.45) is 6.78. The normalized spacial score (nSPS) is 23.3. The topological polar surface area (TPSA) is 32.3 Å². The van der Waals surface area contributed by atoms with Gasteiger partial charge in [0.05, 0.1) is 5.60 Å². The molecule has 2 nitrogen and oxygen atoms in total. The molecule has 1 unspecified atom stereocenters. The monoisotopic (exact) mass is 185 g/mol. The van der Waals surface area contributed by atoms with E-state index in [1.165, 1.54) is 25.7 Å². The zero-order valence-corrected chi connectivity index (χ0v) is 8.97. The van der Waals surface area contributed by atoms with Gasteiger partial charge in [-0.15, -0.1) is 0 Å². The summed E-state index contributed by atoms with van der Waals surface area (Å²) in [7, 11) is 0. The van der Waals surface area contributed by atoms with Crippen molar-refractivity contribution < 1.29 is 5.11 Å². The second kappa shape index (κ2) is 4.97. The summed E-state index contributed by atoms with van der Waals surface area (Å²) in [6.45, 7) is 5.18. The third-order valence-corrected chi connectivity index (χ3v) is 3.04. The van der Waals surface area contributed by atoms with Crippen LogP contribution in [0, 0.1) is 0 Å². The van der Waals surface area contributed by atoms with Crippen molar-refractivity contribution in [3.05, 3.63) is 0 Å². The van der Waals surface area contributed by atoms with Crippen molar-refractivity contribution in [2.75, 3.05) is 6.54 Å². The van der Waals surface area contributed by atoms with Crippen LogP contribution in [0.15, 0.2) is 0 Å². The molecule has 2 heteroatoms. The maximum absolute atomic E-state index is 10.0. The van der Waals surface area contributed by atoms with Gasteiger partial charge in [0.25, 0.3) is 0 Å². The van der Waals surface area contributed by atoms with Gasteiger partial charge in [-0.1, -0.05) is 26.2 Å². The van der Waals surface area contributed by atoms with Gasteiger partial charge in [-0.25, -0.2) is 0 Å². The highest BCUT2D eigenvalue weighted by Crippen LogP contribution is 2.28. The highest BCUT2D eigenvalue weighted by Gasteiger charge is 2.30.